The summed E-state index contributed by atoms with van der Waals surface area (Å²) in [6.45, 7) is 4.48. The van der Waals surface area contributed by atoms with Crippen LogP contribution in [-0.2, 0) is 13.0 Å². The maximum atomic E-state index is 11.1. The van der Waals surface area contributed by atoms with Gasteiger partial charge in [0.15, 0.2) is 0 Å². The van der Waals surface area contributed by atoms with E-state index in [1.165, 1.54) is 0 Å². The Morgan fingerprint density at radius 2 is 2.20 bits per heavy atom. The Balaban J connectivity index is 2.49. The SMILES string of the molecule is CCCc1nc2ccc(C(=O)O)cc2n1CCC(C)O. The first-order chi connectivity index (χ1) is 9.52. The normalized spacial score (nSPS) is 12.8. The Kier molecular flexibility index (Phi) is 4.39. The molecular formula is C15H20N2O3. The van der Waals surface area contributed by atoms with Crippen molar-refractivity contribution in [1.29, 1.82) is 0 Å². The smallest absolute Gasteiger partial charge is 0.335 e. The maximum absolute atomic E-state index is 11.1. The Bertz CT molecular complexity index is 617. The van der Waals surface area contributed by atoms with Crippen LogP contribution in [0.3, 0.4) is 0 Å². The van der Waals surface area contributed by atoms with Crippen LogP contribution in [-0.4, -0.2) is 31.8 Å². The highest BCUT2D eigenvalue weighted by Gasteiger charge is 2.13. The number of carbonyl (C=O) groups is 1. The van der Waals surface area contributed by atoms with E-state index >= 15 is 0 Å². The molecule has 1 heterocycles. The first-order valence-corrected chi connectivity index (χ1v) is 6.93. The molecule has 1 atom stereocenters. The number of fused-ring (bicyclic) bond motifs is 1. The van der Waals surface area contributed by atoms with Gasteiger partial charge in [-0.25, -0.2) is 9.78 Å². The van der Waals surface area contributed by atoms with Crippen LogP contribution in [0, 0.1) is 0 Å². The summed E-state index contributed by atoms with van der Waals surface area (Å²) >= 11 is 0. The van der Waals surface area contributed by atoms with Gasteiger partial charge in [0.25, 0.3) is 0 Å². The van der Waals surface area contributed by atoms with Crippen LogP contribution in [0.5, 0.6) is 0 Å². The van der Waals surface area contributed by atoms with Crippen molar-refractivity contribution in [2.75, 3.05) is 0 Å². The first-order valence-electron chi connectivity index (χ1n) is 6.93. The average Bonchev–Trinajstić information content (AvgIpc) is 2.73. The van der Waals surface area contributed by atoms with Crippen LogP contribution < -0.4 is 0 Å². The van der Waals surface area contributed by atoms with Gasteiger partial charge in [0.1, 0.15) is 5.82 Å². The monoisotopic (exact) mass is 276 g/mol. The first kappa shape index (κ1) is 14.5. The molecule has 0 fully saturated rings. The van der Waals surface area contributed by atoms with E-state index < -0.39 is 5.97 Å². The van der Waals surface area contributed by atoms with Crippen LogP contribution in [0.15, 0.2) is 18.2 Å². The van der Waals surface area contributed by atoms with E-state index in [1.54, 1.807) is 25.1 Å². The molecule has 20 heavy (non-hydrogen) atoms. The minimum atomic E-state index is -0.938. The molecule has 0 spiro atoms. The number of nitrogens with zero attached hydrogens (tertiary/aromatic N) is 2. The summed E-state index contributed by atoms with van der Waals surface area (Å²) in [6, 6.07) is 4.98. The van der Waals surface area contributed by atoms with E-state index in [4.69, 9.17) is 5.11 Å². The molecule has 1 unspecified atom stereocenters. The number of rotatable bonds is 6. The summed E-state index contributed by atoms with van der Waals surface area (Å²) in [5, 5.41) is 18.6. The van der Waals surface area contributed by atoms with Crippen molar-refractivity contribution in [3.8, 4) is 0 Å². The average molecular weight is 276 g/mol. The number of aromatic nitrogens is 2. The van der Waals surface area contributed by atoms with Gasteiger partial charge in [0.2, 0.25) is 0 Å². The zero-order valence-electron chi connectivity index (χ0n) is 11.8. The predicted octanol–water partition coefficient (Wildman–Crippen LogP) is 2.46. The van der Waals surface area contributed by atoms with Gasteiger partial charge in [-0.1, -0.05) is 6.92 Å². The quantitative estimate of drug-likeness (QED) is 0.849. The van der Waals surface area contributed by atoms with Gasteiger partial charge in [-0.15, -0.1) is 0 Å². The molecule has 0 aliphatic rings. The molecule has 0 bridgehead atoms. The molecule has 5 heteroatoms. The fourth-order valence-corrected chi connectivity index (χ4v) is 2.29. The largest absolute Gasteiger partial charge is 0.478 e. The molecule has 0 aliphatic carbocycles. The van der Waals surface area contributed by atoms with Crippen molar-refractivity contribution in [3.63, 3.8) is 0 Å². The standard InChI is InChI=1S/C15H20N2O3/c1-3-4-14-16-12-6-5-11(15(19)20)9-13(12)17(14)8-7-10(2)18/h5-6,9-10,18H,3-4,7-8H2,1-2H3,(H,19,20). The number of aliphatic hydroxyl groups is 1. The minimum Gasteiger partial charge on any atom is -0.478 e. The van der Waals surface area contributed by atoms with E-state index in [0.717, 1.165) is 29.7 Å². The molecule has 0 radical (unpaired) electrons. The molecule has 0 saturated heterocycles. The third-order valence-corrected chi connectivity index (χ3v) is 3.32. The number of aryl methyl sites for hydroxylation is 2. The fraction of sp³-hybridized carbons (Fsp3) is 0.467. The zero-order valence-corrected chi connectivity index (χ0v) is 11.8. The van der Waals surface area contributed by atoms with E-state index in [2.05, 4.69) is 11.9 Å². The second-order valence-corrected chi connectivity index (χ2v) is 5.08. The fourth-order valence-electron chi connectivity index (χ4n) is 2.29. The highest BCUT2D eigenvalue weighted by Crippen LogP contribution is 2.20. The third-order valence-electron chi connectivity index (χ3n) is 3.32. The molecule has 0 aliphatic heterocycles. The second kappa shape index (κ2) is 6.05. The zero-order chi connectivity index (χ0) is 14.7. The molecule has 1 aromatic carbocycles. The van der Waals surface area contributed by atoms with Crippen molar-refractivity contribution in [2.24, 2.45) is 0 Å². The summed E-state index contributed by atoms with van der Waals surface area (Å²) in [5.41, 5.74) is 1.90. The van der Waals surface area contributed by atoms with Gasteiger partial charge in [-0.3, -0.25) is 0 Å². The molecular weight excluding hydrogens is 256 g/mol. The van der Waals surface area contributed by atoms with E-state index in [9.17, 15) is 9.90 Å². The van der Waals surface area contributed by atoms with Crippen LogP contribution in [0.4, 0.5) is 0 Å². The Morgan fingerprint density at radius 3 is 2.80 bits per heavy atom. The number of carboxylic acid groups (broad SMARTS) is 1. The summed E-state index contributed by atoms with van der Waals surface area (Å²) in [5.74, 6) is 0.0120. The van der Waals surface area contributed by atoms with E-state index in [-0.39, 0.29) is 11.7 Å². The topological polar surface area (TPSA) is 75.3 Å². The lowest BCUT2D eigenvalue weighted by molar-refractivity contribution is 0.0697. The molecule has 2 aromatic rings. The Hall–Kier alpha value is -1.88. The summed E-state index contributed by atoms with van der Waals surface area (Å²) in [4.78, 5) is 15.7. The van der Waals surface area contributed by atoms with Crippen LogP contribution in [0.2, 0.25) is 0 Å². The van der Waals surface area contributed by atoms with E-state index in [0.29, 0.717) is 13.0 Å². The highest BCUT2D eigenvalue weighted by molar-refractivity contribution is 5.92. The molecule has 2 rings (SSSR count). The van der Waals surface area contributed by atoms with Crippen molar-refractivity contribution < 1.29 is 15.0 Å². The summed E-state index contributed by atoms with van der Waals surface area (Å²) in [7, 11) is 0. The summed E-state index contributed by atoms with van der Waals surface area (Å²) in [6.07, 6.45) is 2.06. The van der Waals surface area contributed by atoms with Gasteiger partial charge >= 0.3 is 5.97 Å². The van der Waals surface area contributed by atoms with Gasteiger partial charge in [-0.2, -0.15) is 0 Å². The van der Waals surface area contributed by atoms with Crippen molar-refractivity contribution in [2.45, 2.75) is 45.8 Å². The number of aromatic carboxylic acids is 1. The van der Waals surface area contributed by atoms with Crippen LogP contribution in [0.1, 0.15) is 42.9 Å². The van der Waals surface area contributed by atoms with Crippen molar-refractivity contribution in [1.82, 2.24) is 9.55 Å². The van der Waals surface area contributed by atoms with E-state index in [1.807, 2.05) is 4.57 Å². The molecule has 0 saturated carbocycles. The van der Waals surface area contributed by atoms with Gasteiger partial charge in [0.05, 0.1) is 22.7 Å². The Morgan fingerprint density at radius 1 is 1.45 bits per heavy atom. The number of aliphatic hydroxyl groups excluding tert-OH is 1. The number of hydrogen-bond donors (Lipinski definition) is 2. The molecule has 5 nitrogen and oxygen atoms in total. The molecule has 2 N–H and O–H groups in total. The lowest BCUT2D eigenvalue weighted by atomic mass is 10.2. The maximum Gasteiger partial charge on any atom is 0.335 e. The molecule has 1 aromatic heterocycles. The van der Waals surface area contributed by atoms with Gasteiger partial charge in [0, 0.05) is 13.0 Å². The second-order valence-electron chi connectivity index (χ2n) is 5.08. The highest BCUT2D eigenvalue weighted by atomic mass is 16.4. The molecule has 0 amide bonds. The minimum absolute atomic E-state index is 0.263. The van der Waals surface area contributed by atoms with Gasteiger partial charge < -0.3 is 14.8 Å². The van der Waals surface area contributed by atoms with Crippen LogP contribution in [0.25, 0.3) is 11.0 Å². The number of benzene rings is 1. The lowest BCUT2D eigenvalue weighted by Crippen LogP contribution is -2.10. The van der Waals surface area contributed by atoms with Crippen molar-refractivity contribution >= 4 is 17.0 Å². The Labute approximate surface area is 117 Å². The van der Waals surface area contributed by atoms with Crippen molar-refractivity contribution in [3.05, 3.63) is 29.6 Å². The summed E-state index contributed by atoms with van der Waals surface area (Å²) < 4.78 is 2.03. The van der Waals surface area contributed by atoms with Crippen LogP contribution >= 0.6 is 0 Å². The number of hydrogen-bond acceptors (Lipinski definition) is 3. The molecule has 108 valence electrons. The lowest BCUT2D eigenvalue weighted by Gasteiger charge is -2.10. The predicted molar refractivity (Wildman–Crippen MR) is 77.0 cm³/mol. The number of carboxylic acids is 1. The third kappa shape index (κ3) is 2.99. The number of imidazole rings is 1. The van der Waals surface area contributed by atoms with Gasteiger partial charge in [-0.05, 0) is 38.0 Å².